The van der Waals surface area contributed by atoms with Gasteiger partial charge in [-0.05, 0) is 36.7 Å². The van der Waals surface area contributed by atoms with Crippen molar-refractivity contribution in [2.24, 2.45) is 5.73 Å². The normalized spacial score (nSPS) is 10.9. The molecule has 0 amide bonds. The maximum atomic E-state index is 13.4. The van der Waals surface area contributed by atoms with Gasteiger partial charge in [0.15, 0.2) is 5.82 Å². The summed E-state index contributed by atoms with van der Waals surface area (Å²) in [5.41, 5.74) is 7.33. The second-order valence-corrected chi connectivity index (χ2v) is 4.37. The van der Waals surface area contributed by atoms with E-state index < -0.39 is 0 Å². The zero-order chi connectivity index (χ0) is 13.8. The Bertz CT molecular complexity index is 563. The molecule has 0 saturated carbocycles. The van der Waals surface area contributed by atoms with Crippen LogP contribution in [0, 0.1) is 5.82 Å². The predicted octanol–water partition coefficient (Wildman–Crippen LogP) is 2.03. The molecule has 0 spiro atoms. The van der Waals surface area contributed by atoms with Crippen LogP contribution in [0.1, 0.15) is 31.1 Å². The van der Waals surface area contributed by atoms with Crippen molar-refractivity contribution in [1.29, 1.82) is 0 Å². The van der Waals surface area contributed by atoms with E-state index in [0.29, 0.717) is 13.0 Å². The topological polar surface area (TPSA) is 56.7 Å². The van der Waals surface area contributed by atoms with Crippen LogP contribution in [0.25, 0.3) is 5.69 Å². The number of hydrogen-bond acceptors (Lipinski definition) is 3. The van der Waals surface area contributed by atoms with E-state index in [-0.39, 0.29) is 5.82 Å². The molecule has 0 aliphatic heterocycles. The highest BCUT2D eigenvalue weighted by Crippen LogP contribution is 2.18. The molecule has 4 nitrogen and oxygen atoms in total. The Labute approximate surface area is 112 Å². The average molecular weight is 262 g/mol. The van der Waals surface area contributed by atoms with Crippen molar-refractivity contribution in [2.45, 2.75) is 33.1 Å². The molecule has 0 radical (unpaired) electrons. The molecule has 1 aromatic carbocycles. The van der Waals surface area contributed by atoms with Gasteiger partial charge in [-0.3, -0.25) is 0 Å². The van der Waals surface area contributed by atoms with Gasteiger partial charge in [0.1, 0.15) is 11.6 Å². The first-order valence-electron chi connectivity index (χ1n) is 6.63. The zero-order valence-corrected chi connectivity index (χ0v) is 11.4. The molecule has 0 fully saturated rings. The lowest BCUT2D eigenvalue weighted by atomic mass is 10.1. The Morgan fingerprint density at radius 2 is 2.05 bits per heavy atom. The first kappa shape index (κ1) is 13.7. The second-order valence-electron chi connectivity index (χ2n) is 4.37. The zero-order valence-electron chi connectivity index (χ0n) is 11.4. The molecule has 19 heavy (non-hydrogen) atoms. The molecule has 1 heterocycles. The number of aromatic nitrogens is 3. The van der Waals surface area contributed by atoms with Gasteiger partial charge in [0.05, 0.1) is 5.69 Å². The quantitative estimate of drug-likeness (QED) is 0.897. The highest BCUT2D eigenvalue weighted by atomic mass is 19.1. The van der Waals surface area contributed by atoms with Crippen LogP contribution < -0.4 is 5.73 Å². The number of rotatable bonds is 5. The minimum atomic E-state index is -0.249. The fraction of sp³-hybridized carbons (Fsp3) is 0.429. The van der Waals surface area contributed by atoms with E-state index in [0.717, 1.165) is 35.7 Å². The van der Waals surface area contributed by atoms with E-state index in [2.05, 4.69) is 10.1 Å². The fourth-order valence-corrected chi connectivity index (χ4v) is 2.08. The molecular weight excluding hydrogens is 243 g/mol. The predicted molar refractivity (Wildman–Crippen MR) is 72.8 cm³/mol. The standard InChI is InChI=1S/C14H19FN4/c1-3-13-17-14(4-2)19(18-13)12-6-5-11(15)9-10(12)7-8-16/h5-6,9H,3-4,7-8,16H2,1-2H3. The Hall–Kier alpha value is -1.75. The summed E-state index contributed by atoms with van der Waals surface area (Å²) in [6, 6.07) is 4.71. The van der Waals surface area contributed by atoms with Crippen molar-refractivity contribution in [3.8, 4) is 5.69 Å². The van der Waals surface area contributed by atoms with Crippen LogP contribution >= 0.6 is 0 Å². The second kappa shape index (κ2) is 5.93. The van der Waals surface area contributed by atoms with Gasteiger partial charge in [-0.15, -0.1) is 0 Å². The van der Waals surface area contributed by atoms with Crippen molar-refractivity contribution in [2.75, 3.05) is 6.54 Å². The molecule has 2 N–H and O–H groups in total. The van der Waals surface area contributed by atoms with E-state index in [1.165, 1.54) is 12.1 Å². The molecule has 1 aromatic heterocycles. The van der Waals surface area contributed by atoms with Gasteiger partial charge in [0.25, 0.3) is 0 Å². The minimum Gasteiger partial charge on any atom is -0.330 e. The highest BCUT2D eigenvalue weighted by molar-refractivity contribution is 5.41. The first-order chi connectivity index (χ1) is 9.19. The lowest BCUT2D eigenvalue weighted by Gasteiger charge is -2.10. The van der Waals surface area contributed by atoms with Crippen LogP contribution in [-0.4, -0.2) is 21.3 Å². The Balaban J connectivity index is 2.53. The largest absolute Gasteiger partial charge is 0.330 e. The molecule has 102 valence electrons. The minimum absolute atomic E-state index is 0.249. The highest BCUT2D eigenvalue weighted by Gasteiger charge is 2.13. The number of halogens is 1. The maximum Gasteiger partial charge on any atom is 0.151 e. The van der Waals surface area contributed by atoms with Gasteiger partial charge in [-0.25, -0.2) is 14.1 Å². The van der Waals surface area contributed by atoms with E-state index in [9.17, 15) is 4.39 Å². The van der Waals surface area contributed by atoms with Crippen LogP contribution in [0.3, 0.4) is 0 Å². The summed E-state index contributed by atoms with van der Waals surface area (Å²) in [5.74, 6) is 1.45. The summed E-state index contributed by atoms with van der Waals surface area (Å²) in [7, 11) is 0. The monoisotopic (exact) mass is 262 g/mol. The van der Waals surface area contributed by atoms with Gasteiger partial charge < -0.3 is 5.73 Å². The van der Waals surface area contributed by atoms with Gasteiger partial charge in [-0.2, -0.15) is 5.10 Å². The van der Waals surface area contributed by atoms with Crippen LogP contribution in [0.5, 0.6) is 0 Å². The van der Waals surface area contributed by atoms with E-state index in [1.54, 1.807) is 6.07 Å². The molecular formula is C14H19FN4. The number of nitrogens with zero attached hydrogens (tertiary/aromatic N) is 3. The van der Waals surface area contributed by atoms with Crippen molar-refractivity contribution >= 4 is 0 Å². The molecule has 0 bridgehead atoms. The molecule has 0 unspecified atom stereocenters. The smallest absolute Gasteiger partial charge is 0.151 e. The van der Waals surface area contributed by atoms with E-state index in [4.69, 9.17) is 5.73 Å². The van der Waals surface area contributed by atoms with Gasteiger partial charge in [-0.1, -0.05) is 13.8 Å². The molecule has 0 saturated heterocycles. The Morgan fingerprint density at radius 1 is 1.26 bits per heavy atom. The Morgan fingerprint density at radius 3 is 2.68 bits per heavy atom. The van der Waals surface area contributed by atoms with Crippen molar-refractivity contribution < 1.29 is 4.39 Å². The van der Waals surface area contributed by atoms with Gasteiger partial charge >= 0.3 is 0 Å². The average Bonchev–Trinajstić information content (AvgIpc) is 2.82. The summed E-state index contributed by atoms with van der Waals surface area (Å²) >= 11 is 0. The molecule has 2 aromatic rings. The fourth-order valence-electron chi connectivity index (χ4n) is 2.08. The van der Waals surface area contributed by atoms with Crippen molar-refractivity contribution in [3.63, 3.8) is 0 Å². The lowest BCUT2D eigenvalue weighted by molar-refractivity contribution is 0.623. The van der Waals surface area contributed by atoms with Crippen LogP contribution in [0.2, 0.25) is 0 Å². The van der Waals surface area contributed by atoms with E-state index in [1.807, 2.05) is 18.5 Å². The first-order valence-corrected chi connectivity index (χ1v) is 6.63. The lowest BCUT2D eigenvalue weighted by Crippen LogP contribution is -2.10. The number of aryl methyl sites for hydroxylation is 2. The molecule has 0 aliphatic carbocycles. The Kier molecular flexibility index (Phi) is 4.27. The van der Waals surface area contributed by atoms with E-state index >= 15 is 0 Å². The van der Waals surface area contributed by atoms with Gasteiger partial charge in [0, 0.05) is 12.8 Å². The summed E-state index contributed by atoms with van der Waals surface area (Å²) in [6.07, 6.45) is 2.19. The molecule has 0 atom stereocenters. The summed E-state index contributed by atoms with van der Waals surface area (Å²) < 4.78 is 15.2. The molecule has 5 heteroatoms. The maximum absolute atomic E-state index is 13.4. The van der Waals surface area contributed by atoms with Crippen molar-refractivity contribution in [3.05, 3.63) is 41.2 Å². The summed E-state index contributed by atoms with van der Waals surface area (Å²) in [4.78, 5) is 4.47. The van der Waals surface area contributed by atoms with Crippen LogP contribution in [0.15, 0.2) is 18.2 Å². The van der Waals surface area contributed by atoms with Crippen molar-refractivity contribution in [1.82, 2.24) is 14.8 Å². The molecule has 2 rings (SSSR count). The third kappa shape index (κ3) is 2.81. The SMILES string of the molecule is CCc1nc(CC)n(-c2ccc(F)cc2CCN)n1. The molecule has 0 aliphatic rings. The summed E-state index contributed by atoms with van der Waals surface area (Å²) in [6.45, 7) is 4.53. The summed E-state index contributed by atoms with van der Waals surface area (Å²) in [5, 5.41) is 4.48. The van der Waals surface area contributed by atoms with Gasteiger partial charge in [0.2, 0.25) is 0 Å². The number of nitrogens with two attached hydrogens (primary N) is 1. The third-order valence-electron chi connectivity index (χ3n) is 3.03. The van der Waals surface area contributed by atoms with Crippen LogP contribution in [0.4, 0.5) is 4.39 Å². The van der Waals surface area contributed by atoms with Crippen LogP contribution in [-0.2, 0) is 19.3 Å². The third-order valence-corrected chi connectivity index (χ3v) is 3.03. The number of benzene rings is 1. The number of hydrogen-bond donors (Lipinski definition) is 1.